The summed E-state index contributed by atoms with van der Waals surface area (Å²) in [4.78, 5) is 4.38. The molecule has 1 aromatic carbocycles. The molecular weight excluding hydrogens is 292 g/mol. The monoisotopic (exact) mass is 310 g/mol. The molecular formula is C14H18N2O4S. The maximum atomic E-state index is 12.3. The minimum Gasteiger partial charge on any atom is -0.394 e. The Labute approximate surface area is 123 Å². The highest BCUT2D eigenvalue weighted by molar-refractivity contribution is 7.89. The standard InChI is InChI=1S/C14H18N2O4S/c17-9-11-20-10-3-8-16-21(18,19)14-6-1-5-13-12(14)4-2-7-15-13/h1-2,4-7,16-17H,3,8-11H2. The van der Waals surface area contributed by atoms with Gasteiger partial charge in [0.15, 0.2) is 0 Å². The van der Waals surface area contributed by atoms with E-state index in [2.05, 4.69) is 9.71 Å². The van der Waals surface area contributed by atoms with Crippen LogP contribution in [0.5, 0.6) is 0 Å². The zero-order valence-corrected chi connectivity index (χ0v) is 12.3. The van der Waals surface area contributed by atoms with Crippen molar-refractivity contribution in [2.24, 2.45) is 0 Å². The van der Waals surface area contributed by atoms with Crippen molar-refractivity contribution in [3.8, 4) is 0 Å². The predicted octanol–water partition coefficient (Wildman–Crippen LogP) is 0.912. The number of aliphatic hydroxyl groups is 1. The predicted molar refractivity (Wildman–Crippen MR) is 79.5 cm³/mol. The average Bonchev–Trinajstić information content (AvgIpc) is 2.50. The third kappa shape index (κ3) is 4.21. The molecule has 0 atom stereocenters. The molecule has 7 heteroatoms. The van der Waals surface area contributed by atoms with Gasteiger partial charge in [0.05, 0.1) is 23.6 Å². The lowest BCUT2D eigenvalue weighted by Crippen LogP contribution is -2.26. The van der Waals surface area contributed by atoms with Crippen molar-refractivity contribution < 1.29 is 18.3 Å². The van der Waals surface area contributed by atoms with E-state index in [1.54, 1.807) is 36.5 Å². The van der Waals surface area contributed by atoms with E-state index in [-0.39, 0.29) is 24.7 Å². The van der Waals surface area contributed by atoms with Gasteiger partial charge >= 0.3 is 0 Å². The van der Waals surface area contributed by atoms with Crippen LogP contribution in [0.25, 0.3) is 10.9 Å². The Bertz CT molecular complexity index is 683. The molecule has 0 bridgehead atoms. The zero-order valence-electron chi connectivity index (χ0n) is 11.5. The van der Waals surface area contributed by atoms with E-state index >= 15 is 0 Å². The fourth-order valence-electron chi connectivity index (χ4n) is 1.93. The van der Waals surface area contributed by atoms with Gasteiger partial charge in [-0.05, 0) is 30.7 Å². The van der Waals surface area contributed by atoms with Crippen molar-refractivity contribution in [1.29, 1.82) is 0 Å². The van der Waals surface area contributed by atoms with Gasteiger partial charge in [-0.25, -0.2) is 13.1 Å². The van der Waals surface area contributed by atoms with Crippen molar-refractivity contribution in [2.45, 2.75) is 11.3 Å². The van der Waals surface area contributed by atoms with Crippen LogP contribution in [0, 0.1) is 0 Å². The van der Waals surface area contributed by atoms with Gasteiger partial charge in [0.25, 0.3) is 0 Å². The van der Waals surface area contributed by atoms with Gasteiger partial charge < -0.3 is 9.84 Å². The molecule has 6 nitrogen and oxygen atoms in total. The fourth-order valence-corrected chi connectivity index (χ4v) is 3.22. The summed E-state index contributed by atoms with van der Waals surface area (Å²) in [6.45, 7) is 0.918. The zero-order chi connectivity index (χ0) is 15.1. The summed E-state index contributed by atoms with van der Waals surface area (Å²) < 4.78 is 32.3. The molecule has 0 aliphatic carbocycles. The van der Waals surface area contributed by atoms with Gasteiger partial charge in [-0.1, -0.05) is 6.07 Å². The number of fused-ring (bicyclic) bond motifs is 1. The molecule has 0 aliphatic rings. The minimum absolute atomic E-state index is 0.0330. The third-order valence-corrected chi connectivity index (χ3v) is 4.41. The number of rotatable bonds is 8. The smallest absolute Gasteiger partial charge is 0.241 e. The van der Waals surface area contributed by atoms with Crippen molar-refractivity contribution in [3.63, 3.8) is 0 Å². The summed E-state index contributed by atoms with van der Waals surface area (Å²) in [5.41, 5.74) is 0.645. The average molecular weight is 310 g/mol. The van der Waals surface area contributed by atoms with Crippen LogP contribution >= 0.6 is 0 Å². The molecule has 0 unspecified atom stereocenters. The summed E-state index contributed by atoms with van der Waals surface area (Å²) in [7, 11) is -3.57. The van der Waals surface area contributed by atoms with Crippen LogP contribution in [0.15, 0.2) is 41.4 Å². The number of aliphatic hydroxyl groups excluding tert-OH is 1. The van der Waals surface area contributed by atoms with E-state index in [9.17, 15) is 8.42 Å². The topological polar surface area (TPSA) is 88.5 Å². The minimum atomic E-state index is -3.57. The molecule has 21 heavy (non-hydrogen) atoms. The molecule has 2 rings (SSSR count). The number of hydrogen-bond acceptors (Lipinski definition) is 5. The number of sulfonamides is 1. The Morgan fingerprint density at radius 1 is 1.19 bits per heavy atom. The number of aromatic nitrogens is 1. The number of pyridine rings is 1. The van der Waals surface area contributed by atoms with Gasteiger partial charge in [-0.15, -0.1) is 0 Å². The normalized spacial score (nSPS) is 11.9. The second-order valence-electron chi connectivity index (χ2n) is 4.41. The van der Waals surface area contributed by atoms with Crippen LogP contribution in [0.3, 0.4) is 0 Å². The Morgan fingerprint density at radius 2 is 2.05 bits per heavy atom. The van der Waals surface area contributed by atoms with Crippen LogP contribution in [-0.4, -0.2) is 44.9 Å². The quantitative estimate of drug-likeness (QED) is 0.708. The Kier molecular flexibility index (Phi) is 5.63. The maximum Gasteiger partial charge on any atom is 0.241 e. The van der Waals surface area contributed by atoms with E-state index in [4.69, 9.17) is 9.84 Å². The lowest BCUT2D eigenvalue weighted by atomic mass is 10.2. The Morgan fingerprint density at radius 3 is 2.86 bits per heavy atom. The van der Waals surface area contributed by atoms with Crippen LogP contribution in [-0.2, 0) is 14.8 Å². The first-order chi connectivity index (χ1) is 10.1. The molecule has 0 fully saturated rings. The molecule has 114 valence electrons. The van der Waals surface area contributed by atoms with Gasteiger partial charge in [0.2, 0.25) is 10.0 Å². The van der Waals surface area contributed by atoms with Crippen molar-refractivity contribution in [2.75, 3.05) is 26.4 Å². The summed E-state index contributed by atoms with van der Waals surface area (Å²) in [6.07, 6.45) is 2.17. The van der Waals surface area contributed by atoms with Crippen molar-refractivity contribution in [1.82, 2.24) is 9.71 Å². The molecule has 0 radical (unpaired) electrons. The number of hydrogen-bond donors (Lipinski definition) is 2. The SMILES string of the molecule is O=S(=O)(NCCCOCCO)c1cccc2ncccc12. The van der Waals surface area contributed by atoms with E-state index in [1.165, 1.54) is 0 Å². The molecule has 1 heterocycles. The van der Waals surface area contributed by atoms with Gasteiger partial charge in [0.1, 0.15) is 0 Å². The fraction of sp³-hybridized carbons (Fsp3) is 0.357. The third-order valence-electron chi connectivity index (χ3n) is 2.89. The van der Waals surface area contributed by atoms with Crippen molar-refractivity contribution in [3.05, 3.63) is 36.5 Å². The van der Waals surface area contributed by atoms with Gasteiger partial charge in [-0.3, -0.25) is 4.98 Å². The lowest BCUT2D eigenvalue weighted by molar-refractivity contribution is 0.0913. The van der Waals surface area contributed by atoms with Crippen LogP contribution in [0.1, 0.15) is 6.42 Å². The van der Waals surface area contributed by atoms with Gasteiger partial charge in [-0.2, -0.15) is 0 Å². The maximum absolute atomic E-state index is 12.3. The number of benzene rings is 1. The van der Waals surface area contributed by atoms with Crippen molar-refractivity contribution >= 4 is 20.9 Å². The Balaban J connectivity index is 2.05. The van der Waals surface area contributed by atoms with E-state index in [1.807, 2.05) is 0 Å². The Hall–Kier alpha value is -1.54. The molecule has 1 aromatic heterocycles. The molecule has 2 N–H and O–H groups in total. The second-order valence-corrected chi connectivity index (χ2v) is 6.15. The van der Waals surface area contributed by atoms with Gasteiger partial charge in [0, 0.05) is 24.7 Å². The molecule has 0 aliphatic heterocycles. The highest BCUT2D eigenvalue weighted by Gasteiger charge is 2.16. The second kappa shape index (κ2) is 7.46. The van der Waals surface area contributed by atoms with Crippen LogP contribution in [0.4, 0.5) is 0 Å². The molecule has 0 spiro atoms. The van der Waals surface area contributed by atoms with E-state index < -0.39 is 10.0 Å². The first-order valence-electron chi connectivity index (χ1n) is 6.67. The highest BCUT2D eigenvalue weighted by atomic mass is 32.2. The number of nitrogens with one attached hydrogen (secondary N) is 1. The van der Waals surface area contributed by atoms with Crippen LogP contribution < -0.4 is 4.72 Å². The first kappa shape index (κ1) is 15.8. The van der Waals surface area contributed by atoms with Crippen LogP contribution in [0.2, 0.25) is 0 Å². The summed E-state index contributed by atoms with van der Waals surface area (Å²) in [5, 5.41) is 9.16. The molecule has 2 aromatic rings. The first-order valence-corrected chi connectivity index (χ1v) is 8.15. The molecule has 0 amide bonds. The summed E-state index contributed by atoms with van der Waals surface area (Å²) >= 11 is 0. The van der Waals surface area contributed by atoms with E-state index in [0.717, 1.165) is 0 Å². The summed E-state index contributed by atoms with van der Waals surface area (Å²) in [6, 6.07) is 8.46. The number of ether oxygens (including phenoxy) is 1. The highest BCUT2D eigenvalue weighted by Crippen LogP contribution is 2.20. The number of nitrogens with zero attached hydrogens (tertiary/aromatic N) is 1. The summed E-state index contributed by atoms with van der Waals surface area (Å²) in [5.74, 6) is 0. The molecule has 0 saturated heterocycles. The lowest BCUT2D eigenvalue weighted by Gasteiger charge is -2.09. The largest absolute Gasteiger partial charge is 0.394 e. The molecule has 0 saturated carbocycles. The van der Waals surface area contributed by atoms with E-state index in [0.29, 0.717) is 23.9 Å².